The minimum atomic E-state index is 0.657. The zero-order chi connectivity index (χ0) is 13.0. The predicted octanol–water partition coefficient (Wildman–Crippen LogP) is 4.39. The first-order chi connectivity index (χ1) is 9.22. The fraction of sp³-hybridized carbons (Fsp3) is 0.214. The van der Waals surface area contributed by atoms with Gasteiger partial charge in [-0.15, -0.1) is 11.3 Å². The molecule has 0 radical (unpaired) electrons. The van der Waals surface area contributed by atoms with Crippen LogP contribution in [0.2, 0.25) is 0 Å². The first-order valence-corrected chi connectivity index (χ1v) is 7.80. The molecule has 0 bridgehead atoms. The van der Waals surface area contributed by atoms with Crippen LogP contribution in [-0.4, -0.2) is 4.98 Å². The Kier molecular flexibility index (Phi) is 2.47. The fourth-order valence-corrected chi connectivity index (χ4v) is 4.17. The number of nitrogens with two attached hydrogens (primary N) is 1. The number of benzene rings is 1. The lowest BCUT2D eigenvalue weighted by Gasteiger charge is -1.97. The summed E-state index contributed by atoms with van der Waals surface area (Å²) >= 11 is 5.13. The van der Waals surface area contributed by atoms with Crippen molar-refractivity contribution in [2.24, 2.45) is 0 Å². The summed E-state index contributed by atoms with van der Waals surface area (Å²) in [5.41, 5.74) is 10.2. The van der Waals surface area contributed by atoms with Gasteiger partial charge in [-0.05, 0) is 43.0 Å². The maximum Gasteiger partial charge on any atom is 0.230 e. The van der Waals surface area contributed by atoms with Gasteiger partial charge in [0.05, 0.1) is 10.6 Å². The van der Waals surface area contributed by atoms with Gasteiger partial charge in [-0.3, -0.25) is 0 Å². The molecule has 96 valence electrons. The van der Waals surface area contributed by atoms with Crippen molar-refractivity contribution in [1.29, 1.82) is 0 Å². The van der Waals surface area contributed by atoms with Crippen LogP contribution in [0.4, 0.5) is 5.00 Å². The van der Waals surface area contributed by atoms with Gasteiger partial charge in [-0.2, -0.15) is 0 Å². The normalized spacial score (nSPS) is 14.2. The van der Waals surface area contributed by atoms with E-state index in [0.717, 1.165) is 39.0 Å². The summed E-state index contributed by atoms with van der Waals surface area (Å²) < 4.78 is 6.87. The van der Waals surface area contributed by atoms with E-state index in [4.69, 9.17) is 10.2 Å². The highest BCUT2D eigenvalue weighted by molar-refractivity contribution is 9.10. The summed E-state index contributed by atoms with van der Waals surface area (Å²) in [5.74, 6) is 0.657. The van der Waals surface area contributed by atoms with Crippen LogP contribution in [-0.2, 0) is 12.8 Å². The van der Waals surface area contributed by atoms with E-state index in [1.54, 1.807) is 11.3 Å². The first-order valence-electron chi connectivity index (χ1n) is 6.19. The minimum Gasteiger partial charge on any atom is -0.436 e. The van der Waals surface area contributed by atoms with Crippen molar-refractivity contribution in [2.45, 2.75) is 19.3 Å². The number of aromatic nitrogens is 1. The van der Waals surface area contributed by atoms with Crippen LogP contribution in [0.5, 0.6) is 0 Å². The molecule has 0 unspecified atom stereocenters. The van der Waals surface area contributed by atoms with E-state index >= 15 is 0 Å². The lowest BCUT2D eigenvalue weighted by molar-refractivity contribution is 0.619. The van der Waals surface area contributed by atoms with Gasteiger partial charge in [0.15, 0.2) is 5.58 Å². The minimum absolute atomic E-state index is 0.657. The van der Waals surface area contributed by atoms with Gasteiger partial charge in [0.1, 0.15) is 5.52 Å². The average Bonchev–Trinajstić information content (AvgIpc) is 3.01. The van der Waals surface area contributed by atoms with Crippen LogP contribution in [0.15, 0.2) is 27.1 Å². The monoisotopic (exact) mass is 334 g/mol. The van der Waals surface area contributed by atoms with Crippen molar-refractivity contribution in [3.8, 4) is 11.5 Å². The molecular formula is C14H11BrN2OS. The molecule has 0 spiro atoms. The molecule has 1 aliphatic carbocycles. The van der Waals surface area contributed by atoms with Gasteiger partial charge in [0.2, 0.25) is 5.89 Å². The summed E-state index contributed by atoms with van der Waals surface area (Å²) in [6, 6.07) is 5.85. The molecule has 3 aromatic rings. The maximum absolute atomic E-state index is 6.14. The number of hydrogen-bond donors (Lipinski definition) is 1. The second-order valence-electron chi connectivity index (χ2n) is 4.73. The van der Waals surface area contributed by atoms with E-state index in [2.05, 4.69) is 20.9 Å². The molecule has 3 nitrogen and oxygen atoms in total. The summed E-state index contributed by atoms with van der Waals surface area (Å²) in [7, 11) is 0. The number of halogens is 1. The van der Waals surface area contributed by atoms with Crippen LogP contribution in [0.3, 0.4) is 0 Å². The molecule has 0 saturated heterocycles. The quantitative estimate of drug-likeness (QED) is 0.717. The number of nitrogens with zero attached hydrogens (tertiary/aromatic N) is 1. The molecule has 1 aromatic carbocycles. The number of oxazole rings is 1. The summed E-state index contributed by atoms with van der Waals surface area (Å²) in [6.45, 7) is 0. The van der Waals surface area contributed by atoms with Crippen molar-refractivity contribution in [3.05, 3.63) is 33.1 Å². The van der Waals surface area contributed by atoms with Crippen molar-refractivity contribution in [2.75, 3.05) is 5.73 Å². The molecule has 0 amide bonds. The number of hydrogen-bond acceptors (Lipinski definition) is 4. The number of rotatable bonds is 1. The Morgan fingerprint density at radius 3 is 3.11 bits per heavy atom. The third-order valence-corrected chi connectivity index (χ3v) is 5.13. The Labute approximate surface area is 122 Å². The van der Waals surface area contributed by atoms with Gasteiger partial charge in [0, 0.05) is 9.35 Å². The molecule has 4 rings (SSSR count). The van der Waals surface area contributed by atoms with Gasteiger partial charge < -0.3 is 10.2 Å². The third kappa shape index (κ3) is 1.72. The van der Waals surface area contributed by atoms with Crippen LogP contribution < -0.4 is 5.73 Å². The molecule has 0 fully saturated rings. The van der Waals surface area contributed by atoms with Gasteiger partial charge in [-0.25, -0.2) is 4.98 Å². The molecule has 2 aromatic heterocycles. The zero-order valence-corrected chi connectivity index (χ0v) is 12.5. The van der Waals surface area contributed by atoms with E-state index in [-0.39, 0.29) is 0 Å². The van der Waals surface area contributed by atoms with E-state index in [1.165, 1.54) is 16.9 Å². The van der Waals surface area contributed by atoms with Crippen LogP contribution in [0.25, 0.3) is 22.6 Å². The number of anilines is 1. The maximum atomic E-state index is 6.14. The van der Waals surface area contributed by atoms with Gasteiger partial charge >= 0.3 is 0 Å². The van der Waals surface area contributed by atoms with Gasteiger partial charge in [0.25, 0.3) is 0 Å². The van der Waals surface area contributed by atoms with E-state index in [0.29, 0.717) is 5.89 Å². The molecule has 2 N–H and O–H groups in total. The topological polar surface area (TPSA) is 52.0 Å². The highest BCUT2D eigenvalue weighted by Gasteiger charge is 2.25. The standard InChI is InChI=1S/C14H11BrN2OS/c15-7-4-5-10-9(6-7)17-14(18-10)12-8-2-1-3-11(8)19-13(12)16/h4-6H,1-3,16H2. The summed E-state index contributed by atoms with van der Waals surface area (Å²) in [5, 5.41) is 0.829. The smallest absolute Gasteiger partial charge is 0.230 e. The molecule has 0 saturated carbocycles. The average molecular weight is 335 g/mol. The van der Waals surface area contributed by atoms with E-state index in [9.17, 15) is 0 Å². The molecule has 1 aliphatic rings. The SMILES string of the molecule is Nc1sc2c(c1-c1nc3cc(Br)ccc3o1)CCC2. The third-order valence-electron chi connectivity index (χ3n) is 3.51. The highest BCUT2D eigenvalue weighted by Crippen LogP contribution is 2.43. The van der Waals surface area contributed by atoms with Crippen LogP contribution in [0, 0.1) is 0 Å². The number of fused-ring (bicyclic) bond motifs is 2. The zero-order valence-electron chi connectivity index (χ0n) is 10.1. The van der Waals surface area contributed by atoms with Crippen LogP contribution in [0.1, 0.15) is 16.9 Å². The molecule has 0 atom stereocenters. The summed E-state index contributed by atoms with van der Waals surface area (Å²) in [4.78, 5) is 5.98. The van der Waals surface area contributed by atoms with Crippen molar-refractivity contribution >= 4 is 43.4 Å². The lowest BCUT2D eigenvalue weighted by Crippen LogP contribution is -1.88. The largest absolute Gasteiger partial charge is 0.436 e. The second kappa shape index (κ2) is 4.08. The number of thiophene rings is 1. The first kappa shape index (κ1) is 11.5. The van der Waals surface area contributed by atoms with Gasteiger partial charge in [-0.1, -0.05) is 15.9 Å². The number of nitrogen functional groups attached to an aromatic ring is 1. The Bertz CT molecular complexity index is 790. The lowest BCUT2D eigenvalue weighted by atomic mass is 10.1. The van der Waals surface area contributed by atoms with Crippen LogP contribution >= 0.6 is 27.3 Å². The Morgan fingerprint density at radius 1 is 1.32 bits per heavy atom. The second-order valence-corrected chi connectivity index (χ2v) is 6.78. The predicted molar refractivity (Wildman–Crippen MR) is 81.5 cm³/mol. The van der Waals surface area contributed by atoms with E-state index in [1.807, 2.05) is 18.2 Å². The number of aryl methyl sites for hydroxylation is 1. The Hall–Kier alpha value is -1.33. The summed E-state index contributed by atoms with van der Waals surface area (Å²) in [6.07, 6.45) is 3.43. The molecule has 0 aliphatic heterocycles. The molecule has 5 heteroatoms. The fourth-order valence-electron chi connectivity index (χ4n) is 2.67. The van der Waals surface area contributed by atoms with Crippen molar-refractivity contribution in [3.63, 3.8) is 0 Å². The molecule has 19 heavy (non-hydrogen) atoms. The van der Waals surface area contributed by atoms with Crippen molar-refractivity contribution in [1.82, 2.24) is 4.98 Å². The van der Waals surface area contributed by atoms with Crippen molar-refractivity contribution < 1.29 is 4.42 Å². The Morgan fingerprint density at radius 2 is 2.21 bits per heavy atom. The van der Waals surface area contributed by atoms with E-state index < -0.39 is 0 Å². The highest BCUT2D eigenvalue weighted by atomic mass is 79.9. The molecule has 2 heterocycles. The Balaban J connectivity index is 1.95. The molecular weight excluding hydrogens is 324 g/mol.